The van der Waals surface area contributed by atoms with Crippen molar-refractivity contribution in [2.45, 2.75) is 32.9 Å². The Bertz CT molecular complexity index is 458. The van der Waals surface area contributed by atoms with E-state index in [1.54, 1.807) is 0 Å². The Kier molecular flexibility index (Phi) is 4.21. The van der Waals surface area contributed by atoms with Crippen LogP contribution in [0.3, 0.4) is 0 Å². The Labute approximate surface area is 125 Å². The summed E-state index contributed by atoms with van der Waals surface area (Å²) in [6, 6.07) is 0.575. The molecular formula is C14H23N5O2. The van der Waals surface area contributed by atoms with Gasteiger partial charge in [-0.2, -0.15) is 15.0 Å². The zero-order valence-electron chi connectivity index (χ0n) is 12.9. The van der Waals surface area contributed by atoms with Gasteiger partial charge in [-0.05, 0) is 20.8 Å². The molecule has 7 heteroatoms. The summed E-state index contributed by atoms with van der Waals surface area (Å²) in [5.41, 5.74) is 0. The van der Waals surface area contributed by atoms with Gasteiger partial charge < -0.3 is 19.3 Å². The van der Waals surface area contributed by atoms with Crippen molar-refractivity contribution < 1.29 is 9.47 Å². The molecule has 2 aliphatic heterocycles. The summed E-state index contributed by atoms with van der Waals surface area (Å²) in [4.78, 5) is 18.1. The van der Waals surface area contributed by atoms with Crippen molar-refractivity contribution in [2.75, 3.05) is 49.3 Å². The highest BCUT2D eigenvalue weighted by molar-refractivity contribution is 5.41. The topological polar surface area (TPSA) is 63.6 Å². The van der Waals surface area contributed by atoms with Crippen LogP contribution in [-0.4, -0.2) is 66.6 Å². The van der Waals surface area contributed by atoms with E-state index in [9.17, 15) is 0 Å². The van der Waals surface area contributed by atoms with Gasteiger partial charge in [-0.3, -0.25) is 0 Å². The Morgan fingerprint density at radius 3 is 1.76 bits per heavy atom. The molecule has 0 saturated carbocycles. The zero-order chi connectivity index (χ0) is 14.8. The highest BCUT2D eigenvalue weighted by Gasteiger charge is 2.26. The van der Waals surface area contributed by atoms with Gasteiger partial charge in [0.05, 0.1) is 38.5 Å². The number of hydrogen-bond acceptors (Lipinski definition) is 7. The first kappa shape index (κ1) is 14.5. The third-order valence-electron chi connectivity index (χ3n) is 3.97. The second-order valence-electron chi connectivity index (χ2n) is 5.72. The number of morpholine rings is 2. The molecule has 0 N–H and O–H groups in total. The van der Waals surface area contributed by atoms with E-state index in [4.69, 9.17) is 14.5 Å². The average Bonchev–Trinajstić information content (AvgIpc) is 2.47. The molecule has 0 unspecified atom stereocenters. The fourth-order valence-corrected chi connectivity index (χ4v) is 2.76. The van der Waals surface area contributed by atoms with Crippen molar-refractivity contribution in [3.8, 4) is 0 Å². The SMILES string of the molecule is Cc1nc(N2CCOC[C@H]2C)nc(N2CCOC[C@@H]2C)n1. The predicted octanol–water partition coefficient (Wildman–Crippen LogP) is 0.630. The molecular weight excluding hydrogens is 270 g/mol. The maximum absolute atomic E-state index is 5.49. The highest BCUT2D eigenvalue weighted by Crippen LogP contribution is 2.20. The van der Waals surface area contributed by atoms with Crippen LogP contribution in [-0.2, 0) is 9.47 Å². The van der Waals surface area contributed by atoms with Crippen molar-refractivity contribution in [2.24, 2.45) is 0 Å². The first-order valence-electron chi connectivity index (χ1n) is 7.56. The molecule has 1 aromatic rings. The molecule has 0 aliphatic carbocycles. The van der Waals surface area contributed by atoms with Crippen LogP contribution in [0.15, 0.2) is 0 Å². The molecule has 1 aromatic heterocycles. The molecule has 3 rings (SSSR count). The second kappa shape index (κ2) is 6.11. The Balaban J connectivity index is 1.88. The molecule has 0 aromatic carbocycles. The minimum atomic E-state index is 0.288. The van der Waals surface area contributed by atoms with E-state index in [0.717, 1.165) is 44.0 Å². The van der Waals surface area contributed by atoms with Crippen molar-refractivity contribution in [1.29, 1.82) is 0 Å². The summed E-state index contributed by atoms with van der Waals surface area (Å²) in [7, 11) is 0. The van der Waals surface area contributed by atoms with Crippen LogP contribution in [0.1, 0.15) is 19.7 Å². The van der Waals surface area contributed by atoms with Gasteiger partial charge >= 0.3 is 0 Å². The summed E-state index contributed by atoms with van der Waals surface area (Å²) in [5, 5.41) is 0. The number of ether oxygens (including phenoxy) is 2. The van der Waals surface area contributed by atoms with E-state index in [2.05, 4.69) is 33.6 Å². The molecule has 116 valence electrons. The average molecular weight is 293 g/mol. The lowest BCUT2D eigenvalue weighted by Gasteiger charge is -2.36. The highest BCUT2D eigenvalue weighted by atomic mass is 16.5. The minimum absolute atomic E-state index is 0.288. The third-order valence-corrected chi connectivity index (χ3v) is 3.97. The number of hydrogen-bond donors (Lipinski definition) is 0. The fourth-order valence-electron chi connectivity index (χ4n) is 2.76. The van der Waals surface area contributed by atoms with Gasteiger partial charge in [0, 0.05) is 13.1 Å². The molecule has 2 fully saturated rings. The van der Waals surface area contributed by atoms with Crippen LogP contribution in [0.4, 0.5) is 11.9 Å². The zero-order valence-corrected chi connectivity index (χ0v) is 12.9. The molecule has 0 amide bonds. The largest absolute Gasteiger partial charge is 0.377 e. The molecule has 7 nitrogen and oxygen atoms in total. The van der Waals surface area contributed by atoms with Crippen LogP contribution >= 0.6 is 0 Å². The molecule has 0 radical (unpaired) electrons. The summed E-state index contributed by atoms with van der Waals surface area (Å²) >= 11 is 0. The maximum Gasteiger partial charge on any atom is 0.230 e. The van der Waals surface area contributed by atoms with Crippen molar-refractivity contribution >= 4 is 11.9 Å². The van der Waals surface area contributed by atoms with E-state index >= 15 is 0 Å². The quantitative estimate of drug-likeness (QED) is 0.792. The van der Waals surface area contributed by atoms with Crippen LogP contribution in [0, 0.1) is 6.92 Å². The molecule has 0 bridgehead atoms. The number of aryl methyl sites for hydroxylation is 1. The van der Waals surface area contributed by atoms with Gasteiger partial charge in [0.2, 0.25) is 11.9 Å². The van der Waals surface area contributed by atoms with Gasteiger partial charge in [0.25, 0.3) is 0 Å². The molecule has 3 heterocycles. The molecule has 2 saturated heterocycles. The van der Waals surface area contributed by atoms with E-state index in [-0.39, 0.29) is 12.1 Å². The summed E-state index contributed by atoms with van der Waals surface area (Å²) < 4.78 is 11.0. The molecule has 0 spiro atoms. The molecule has 2 aliphatic rings. The van der Waals surface area contributed by atoms with Crippen LogP contribution < -0.4 is 9.80 Å². The lowest BCUT2D eigenvalue weighted by atomic mass is 10.2. The van der Waals surface area contributed by atoms with Crippen LogP contribution in [0.5, 0.6) is 0 Å². The Morgan fingerprint density at radius 2 is 1.33 bits per heavy atom. The standard InChI is InChI=1S/C14H23N5O2/c1-10-8-20-6-4-18(10)13-15-12(3)16-14(17-13)19-5-7-21-9-11(19)2/h10-11H,4-9H2,1-3H3/t10-,11+. The lowest BCUT2D eigenvalue weighted by molar-refractivity contribution is 0.0968. The summed E-state index contributed by atoms with van der Waals surface area (Å²) in [6.07, 6.45) is 0. The lowest BCUT2D eigenvalue weighted by Crippen LogP contribution is -2.46. The summed E-state index contributed by atoms with van der Waals surface area (Å²) in [6.45, 7) is 10.7. The van der Waals surface area contributed by atoms with Gasteiger partial charge in [0.15, 0.2) is 0 Å². The number of aromatic nitrogens is 3. The molecule has 21 heavy (non-hydrogen) atoms. The predicted molar refractivity (Wildman–Crippen MR) is 79.8 cm³/mol. The first-order valence-corrected chi connectivity index (χ1v) is 7.56. The van der Waals surface area contributed by atoms with E-state index in [1.807, 2.05) is 6.92 Å². The Morgan fingerprint density at radius 1 is 0.857 bits per heavy atom. The smallest absolute Gasteiger partial charge is 0.230 e. The van der Waals surface area contributed by atoms with E-state index in [0.29, 0.717) is 13.2 Å². The maximum atomic E-state index is 5.49. The van der Waals surface area contributed by atoms with E-state index < -0.39 is 0 Å². The first-order chi connectivity index (χ1) is 10.1. The third kappa shape index (κ3) is 3.08. The van der Waals surface area contributed by atoms with Crippen molar-refractivity contribution in [3.05, 3.63) is 5.82 Å². The molecule has 2 atom stereocenters. The summed E-state index contributed by atoms with van der Waals surface area (Å²) in [5.74, 6) is 2.27. The van der Waals surface area contributed by atoms with Gasteiger partial charge in [-0.1, -0.05) is 0 Å². The van der Waals surface area contributed by atoms with Gasteiger partial charge in [-0.25, -0.2) is 0 Å². The number of anilines is 2. The van der Waals surface area contributed by atoms with E-state index in [1.165, 1.54) is 0 Å². The number of nitrogens with zero attached hydrogens (tertiary/aromatic N) is 5. The van der Waals surface area contributed by atoms with Crippen LogP contribution in [0.2, 0.25) is 0 Å². The number of rotatable bonds is 2. The minimum Gasteiger partial charge on any atom is -0.377 e. The van der Waals surface area contributed by atoms with Crippen LogP contribution in [0.25, 0.3) is 0 Å². The fraction of sp³-hybridized carbons (Fsp3) is 0.786. The van der Waals surface area contributed by atoms with Gasteiger partial charge in [0.1, 0.15) is 5.82 Å². The normalized spacial score (nSPS) is 27.0. The Hall–Kier alpha value is -1.47. The monoisotopic (exact) mass is 293 g/mol. The van der Waals surface area contributed by atoms with Crippen molar-refractivity contribution in [1.82, 2.24) is 15.0 Å². The second-order valence-corrected chi connectivity index (χ2v) is 5.72. The van der Waals surface area contributed by atoms with Gasteiger partial charge in [-0.15, -0.1) is 0 Å². The van der Waals surface area contributed by atoms with Crippen molar-refractivity contribution in [3.63, 3.8) is 0 Å².